The van der Waals surface area contributed by atoms with Crippen molar-refractivity contribution in [2.24, 2.45) is 0 Å². The Morgan fingerprint density at radius 2 is 1.56 bits per heavy atom. The van der Waals surface area contributed by atoms with Crippen molar-refractivity contribution in [2.45, 2.75) is 12.3 Å². The van der Waals surface area contributed by atoms with E-state index < -0.39 is 23.7 Å². The molecule has 0 amide bonds. The van der Waals surface area contributed by atoms with Gasteiger partial charge in [0.25, 0.3) is 0 Å². The average Bonchev–Trinajstić information content (AvgIpc) is 2.08. The molecule has 4 N–H and O–H groups in total. The van der Waals surface area contributed by atoms with E-state index in [2.05, 4.69) is 4.74 Å². The first-order valence-corrected chi connectivity index (χ1v) is 3.92. The fourth-order valence-corrected chi connectivity index (χ4v) is 0.856. The normalized spacial score (nSPS) is 12.6. The molecule has 0 atom stereocenters. The van der Waals surface area contributed by atoms with Crippen LogP contribution in [0.15, 0.2) is 18.2 Å². The molecule has 0 aliphatic carbocycles. The van der Waals surface area contributed by atoms with Crippen LogP contribution >= 0.6 is 0 Å². The van der Waals surface area contributed by atoms with Crippen LogP contribution in [0.25, 0.3) is 0 Å². The van der Waals surface area contributed by atoms with E-state index in [0.29, 0.717) is 0 Å². The van der Waals surface area contributed by atoms with E-state index in [1.54, 1.807) is 0 Å². The lowest BCUT2D eigenvalue weighted by Crippen LogP contribution is -2.42. The number of ether oxygens (including phenoxy) is 1. The molecule has 90 valence electrons. The Morgan fingerprint density at radius 1 is 1.00 bits per heavy atom. The molecule has 1 aromatic carbocycles. The maximum atomic E-state index is 12.5. The van der Waals surface area contributed by atoms with Crippen LogP contribution in [0.5, 0.6) is 5.75 Å². The predicted molar refractivity (Wildman–Crippen MR) is 46.9 cm³/mol. The molecule has 3 nitrogen and oxygen atoms in total. The molecule has 0 aliphatic rings. The van der Waals surface area contributed by atoms with Crippen molar-refractivity contribution >= 4 is 11.4 Å². The topological polar surface area (TPSA) is 61.3 Å². The Morgan fingerprint density at radius 3 is 2.00 bits per heavy atom. The smallest absolute Gasteiger partial charge is 0.424 e. The van der Waals surface area contributed by atoms with Gasteiger partial charge in [0.05, 0.1) is 5.69 Å². The maximum absolute atomic E-state index is 12.5. The quantitative estimate of drug-likeness (QED) is 0.618. The largest absolute Gasteiger partial charge is 0.499 e. The summed E-state index contributed by atoms with van der Waals surface area (Å²) in [6, 6.07) is 2.95. The third-order valence-electron chi connectivity index (χ3n) is 1.60. The van der Waals surface area contributed by atoms with Crippen LogP contribution in [-0.2, 0) is 0 Å². The van der Waals surface area contributed by atoms with Gasteiger partial charge in [-0.2, -0.15) is 22.0 Å². The van der Waals surface area contributed by atoms with E-state index in [-0.39, 0.29) is 5.69 Å². The Balaban J connectivity index is 2.97. The first kappa shape index (κ1) is 12.3. The molecule has 0 saturated carbocycles. The van der Waals surface area contributed by atoms with Crippen molar-refractivity contribution in [2.75, 3.05) is 11.5 Å². The summed E-state index contributed by atoms with van der Waals surface area (Å²) in [6.45, 7) is 0. The van der Waals surface area contributed by atoms with Gasteiger partial charge in [0.2, 0.25) is 0 Å². The molecule has 1 aromatic rings. The molecule has 0 heterocycles. The van der Waals surface area contributed by atoms with Crippen molar-refractivity contribution in [3.8, 4) is 5.75 Å². The fourth-order valence-electron chi connectivity index (χ4n) is 0.856. The molecule has 0 aliphatic heterocycles. The predicted octanol–water partition coefficient (Wildman–Crippen LogP) is 2.38. The van der Waals surface area contributed by atoms with Gasteiger partial charge in [-0.3, -0.25) is 0 Å². The highest BCUT2D eigenvalue weighted by Gasteiger charge is 2.61. The second-order valence-corrected chi connectivity index (χ2v) is 2.91. The van der Waals surface area contributed by atoms with Crippen LogP contribution in [0.2, 0.25) is 0 Å². The van der Waals surface area contributed by atoms with Gasteiger partial charge in [-0.15, -0.1) is 0 Å². The summed E-state index contributed by atoms with van der Waals surface area (Å²) < 4.78 is 63.8. The van der Waals surface area contributed by atoms with Gasteiger partial charge in [0.1, 0.15) is 5.75 Å². The highest BCUT2D eigenvalue weighted by molar-refractivity contribution is 5.60. The number of alkyl halides is 5. The summed E-state index contributed by atoms with van der Waals surface area (Å²) in [5.41, 5.74) is 10.1. The van der Waals surface area contributed by atoms with Crippen LogP contribution in [0.1, 0.15) is 0 Å². The van der Waals surface area contributed by atoms with Crippen molar-refractivity contribution in [1.82, 2.24) is 0 Å². The zero-order valence-corrected chi connectivity index (χ0v) is 7.68. The fraction of sp³-hybridized carbons (Fsp3) is 0.250. The Hall–Kier alpha value is -1.73. The lowest BCUT2D eigenvalue weighted by molar-refractivity contribution is -0.360. The number of hydrogen-bond acceptors (Lipinski definition) is 3. The van der Waals surface area contributed by atoms with Gasteiger partial charge in [-0.25, -0.2) is 0 Å². The Kier molecular flexibility index (Phi) is 2.85. The van der Waals surface area contributed by atoms with E-state index in [0.717, 1.165) is 18.2 Å². The first-order chi connectivity index (χ1) is 7.13. The van der Waals surface area contributed by atoms with Crippen molar-refractivity contribution in [3.05, 3.63) is 18.2 Å². The number of halogens is 5. The minimum Gasteiger partial charge on any atom is -0.424 e. The third-order valence-corrected chi connectivity index (χ3v) is 1.60. The van der Waals surface area contributed by atoms with Gasteiger partial charge in [0.15, 0.2) is 0 Å². The number of anilines is 2. The molecule has 0 unspecified atom stereocenters. The molecular weight excluding hydrogens is 235 g/mol. The second kappa shape index (κ2) is 3.69. The maximum Gasteiger partial charge on any atom is 0.499 e. The highest BCUT2D eigenvalue weighted by Crippen LogP contribution is 2.39. The summed E-state index contributed by atoms with van der Waals surface area (Å²) >= 11 is 0. The Labute approximate surface area is 86.8 Å². The molecule has 16 heavy (non-hydrogen) atoms. The molecule has 8 heteroatoms. The van der Waals surface area contributed by atoms with Gasteiger partial charge < -0.3 is 16.2 Å². The summed E-state index contributed by atoms with van der Waals surface area (Å²) in [4.78, 5) is 0. The molecule has 1 rings (SSSR count). The van der Waals surface area contributed by atoms with E-state index in [1.165, 1.54) is 0 Å². The lowest BCUT2D eigenvalue weighted by atomic mass is 10.2. The Bertz CT molecular complexity index is 391. The van der Waals surface area contributed by atoms with Crippen molar-refractivity contribution in [1.29, 1.82) is 0 Å². The second-order valence-electron chi connectivity index (χ2n) is 2.91. The van der Waals surface area contributed by atoms with E-state index in [9.17, 15) is 22.0 Å². The first-order valence-electron chi connectivity index (χ1n) is 3.92. The van der Waals surface area contributed by atoms with Crippen LogP contribution < -0.4 is 16.2 Å². The average molecular weight is 242 g/mol. The zero-order chi connectivity index (χ0) is 12.6. The number of nitrogen functional groups attached to an aromatic ring is 2. The van der Waals surface area contributed by atoms with Crippen LogP contribution in [-0.4, -0.2) is 12.3 Å². The molecule has 0 spiro atoms. The number of hydrogen-bond donors (Lipinski definition) is 2. The third kappa shape index (κ3) is 2.44. The molecular formula is C8H7F5N2O. The van der Waals surface area contributed by atoms with Gasteiger partial charge >= 0.3 is 12.3 Å². The van der Waals surface area contributed by atoms with Gasteiger partial charge in [-0.1, -0.05) is 0 Å². The summed E-state index contributed by atoms with van der Waals surface area (Å²) in [6.07, 6.45) is -11.1. The standard InChI is InChI=1S/C8H7F5N2O/c9-7(10,11)8(12,13)16-6-2-1-4(14)3-5(6)15/h1-3H,14-15H2. The van der Waals surface area contributed by atoms with Gasteiger partial charge in [0, 0.05) is 5.69 Å². The van der Waals surface area contributed by atoms with Gasteiger partial charge in [-0.05, 0) is 18.2 Å². The number of nitrogens with two attached hydrogens (primary N) is 2. The SMILES string of the molecule is Nc1ccc(OC(F)(F)C(F)(F)F)c(N)c1. The van der Waals surface area contributed by atoms with E-state index >= 15 is 0 Å². The van der Waals surface area contributed by atoms with Crippen molar-refractivity contribution < 1.29 is 26.7 Å². The van der Waals surface area contributed by atoms with Crippen LogP contribution in [0, 0.1) is 0 Å². The minimum absolute atomic E-state index is 0.125. The molecule has 0 aromatic heterocycles. The number of rotatable bonds is 2. The summed E-state index contributed by atoms with van der Waals surface area (Å²) in [5.74, 6) is -0.781. The van der Waals surface area contributed by atoms with E-state index in [1.807, 2.05) is 0 Å². The summed E-state index contributed by atoms with van der Waals surface area (Å²) in [7, 11) is 0. The molecule has 0 saturated heterocycles. The monoisotopic (exact) mass is 242 g/mol. The summed E-state index contributed by atoms with van der Waals surface area (Å²) in [5, 5.41) is 0. The molecule has 0 radical (unpaired) electrons. The lowest BCUT2D eigenvalue weighted by Gasteiger charge is -2.21. The molecule has 0 fully saturated rings. The highest BCUT2D eigenvalue weighted by atomic mass is 19.4. The minimum atomic E-state index is -5.80. The van der Waals surface area contributed by atoms with E-state index in [4.69, 9.17) is 11.5 Å². The van der Waals surface area contributed by atoms with Crippen LogP contribution in [0.4, 0.5) is 33.3 Å². The zero-order valence-electron chi connectivity index (χ0n) is 7.68. The van der Waals surface area contributed by atoms with Crippen molar-refractivity contribution in [3.63, 3.8) is 0 Å². The van der Waals surface area contributed by atoms with Crippen LogP contribution in [0.3, 0.4) is 0 Å². The molecule has 0 bridgehead atoms. The number of benzene rings is 1.